The normalized spacial score (nSPS) is 16.2. The number of hydrogen-bond acceptors (Lipinski definition) is 2. The zero-order valence-electron chi connectivity index (χ0n) is 16.0. The molecule has 29 heavy (non-hydrogen) atoms. The Labute approximate surface area is 175 Å². The lowest BCUT2D eigenvalue weighted by molar-refractivity contribution is -0.131. The summed E-state index contributed by atoms with van der Waals surface area (Å²) < 4.78 is 13.1. The Hall–Kier alpha value is -2.72. The maximum Gasteiger partial charge on any atom is 0.227 e. The molecule has 0 aliphatic carbocycles. The largest absolute Gasteiger partial charge is 0.334 e. The summed E-state index contributed by atoms with van der Waals surface area (Å²) in [4.78, 5) is 19.6. The third-order valence-electron chi connectivity index (χ3n) is 5.31. The Morgan fingerprint density at radius 1 is 1.03 bits per heavy atom. The molecule has 1 fully saturated rings. The van der Waals surface area contributed by atoms with Gasteiger partial charge in [0.15, 0.2) is 0 Å². The van der Waals surface area contributed by atoms with Gasteiger partial charge in [-0.1, -0.05) is 41.9 Å². The van der Waals surface area contributed by atoms with Crippen molar-refractivity contribution in [2.24, 2.45) is 0 Å². The van der Waals surface area contributed by atoms with E-state index in [2.05, 4.69) is 0 Å². The molecule has 3 nitrogen and oxygen atoms in total. The molecule has 0 N–H and O–H groups in total. The van der Waals surface area contributed by atoms with Gasteiger partial charge >= 0.3 is 0 Å². The van der Waals surface area contributed by atoms with E-state index in [9.17, 15) is 9.18 Å². The zero-order chi connectivity index (χ0) is 20.2. The second-order valence-electron chi connectivity index (χ2n) is 7.41. The van der Waals surface area contributed by atoms with E-state index in [1.165, 1.54) is 12.1 Å². The standard InChI is InChI=1S/C24H22ClFN2O/c25-19-10-6-17(7-11-19)15-21-3-1-4-22(27-21)23-5-2-14-28(23)24(29)16-18-8-12-20(26)13-9-18/h1,3-4,6-13,23H,2,5,14-16H2/t23-/m1/s1. The lowest BCUT2D eigenvalue weighted by Crippen LogP contribution is -2.32. The molecule has 0 radical (unpaired) electrons. The first-order valence-electron chi connectivity index (χ1n) is 9.83. The van der Waals surface area contributed by atoms with Gasteiger partial charge in [-0.15, -0.1) is 0 Å². The highest BCUT2D eigenvalue weighted by Gasteiger charge is 2.30. The van der Waals surface area contributed by atoms with Gasteiger partial charge < -0.3 is 4.90 Å². The second-order valence-corrected chi connectivity index (χ2v) is 7.84. The molecule has 1 aliphatic rings. The van der Waals surface area contributed by atoms with Crippen LogP contribution in [0.4, 0.5) is 4.39 Å². The van der Waals surface area contributed by atoms with Crippen LogP contribution in [0.25, 0.3) is 0 Å². The van der Waals surface area contributed by atoms with Crippen molar-refractivity contribution in [3.8, 4) is 0 Å². The smallest absolute Gasteiger partial charge is 0.227 e. The fourth-order valence-corrected chi connectivity index (χ4v) is 3.97. The average molecular weight is 409 g/mol. The first-order valence-corrected chi connectivity index (χ1v) is 10.2. The molecule has 148 valence electrons. The summed E-state index contributed by atoms with van der Waals surface area (Å²) in [6.07, 6.45) is 2.87. The van der Waals surface area contributed by atoms with Gasteiger partial charge in [0.1, 0.15) is 5.82 Å². The van der Waals surface area contributed by atoms with E-state index >= 15 is 0 Å². The molecule has 1 aromatic heterocycles. The number of halogens is 2. The van der Waals surface area contributed by atoms with Gasteiger partial charge in [-0.25, -0.2) is 4.39 Å². The van der Waals surface area contributed by atoms with Crippen molar-refractivity contribution in [1.82, 2.24) is 9.88 Å². The number of carbonyl (C=O) groups is 1. The Balaban J connectivity index is 1.48. The molecule has 0 unspecified atom stereocenters. The van der Waals surface area contributed by atoms with Gasteiger partial charge in [0.25, 0.3) is 0 Å². The highest BCUT2D eigenvalue weighted by molar-refractivity contribution is 6.30. The van der Waals surface area contributed by atoms with Crippen LogP contribution in [0.5, 0.6) is 0 Å². The molecule has 5 heteroatoms. The minimum Gasteiger partial charge on any atom is -0.334 e. The molecule has 0 bridgehead atoms. The lowest BCUT2D eigenvalue weighted by atomic mass is 10.1. The Kier molecular flexibility index (Phi) is 5.91. The Morgan fingerprint density at radius 3 is 2.52 bits per heavy atom. The topological polar surface area (TPSA) is 33.2 Å². The Morgan fingerprint density at radius 2 is 1.76 bits per heavy atom. The van der Waals surface area contributed by atoms with Crippen molar-refractivity contribution < 1.29 is 9.18 Å². The summed E-state index contributed by atoms with van der Waals surface area (Å²) in [5.74, 6) is -0.231. The van der Waals surface area contributed by atoms with Crippen LogP contribution < -0.4 is 0 Å². The number of benzene rings is 2. The molecule has 0 spiro atoms. The molecule has 2 heterocycles. The fraction of sp³-hybridized carbons (Fsp3) is 0.250. The highest BCUT2D eigenvalue weighted by Crippen LogP contribution is 2.31. The summed E-state index contributed by atoms with van der Waals surface area (Å²) in [5, 5.41) is 0.719. The van der Waals surface area contributed by atoms with E-state index in [1.807, 2.05) is 47.4 Å². The van der Waals surface area contributed by atoms with Crippen molar-refractivity contribution in [2.75, 3.05) is 6.54 Å². The molecule has 1 amide bonds. The van der Waals surface area contributed by atoms with Gasteiger partial charge in [-0.3, -0.25) is 9.78 Å². The van der Waals surface area contributed by atoms with Gasteiger partial charge in [-0.05, 0) is 60.4 Å². The van der Waals surface area contributed by atoms with E-state index in [-0.39, 0.29) is 24.2 Å². The number of likely N-dealkylation sites (tertiary alicyclic amines) is 1. The summed E-state index contributed by atoms with van der Waals surface area (Å²) in [6.45, 7) is 0.730. The first-order chi connectivity index (χ1) is 14.1. The molecular weight excluding hydrogens is 387 g/mol. The van der Waals surface area contributed by atoms with Gasteiger partial charge in [0, 0.05) is 23.7 Å². The molecule has 2 aromatic carbocycles. The molecule has 0 saturated carbocycles. The minimum atomic E-state index is -0.290. The molecule has 1 atom stereocenters. The molecular formula is C24H22ClFN2O. The number of rotatable bonds is 5. The number of pyridine rings is 1. The van der Waals surface area contributed by atoms with E-state index in [4.69, 9.17) is 16.6 Å². The summed E-state index contributed by atoms with van der Waals surface area (Å²) in [7, 11) is 0. The minimum absolute atomic E-state index is 0.00637. The van der Waals surface area contributed by atoms with E-state index in [1.54, 1.807) is 12.1 Å². The number of aromatic nitrogens is 1. The maximum atomic E-state index is 13.1. The van der Waals surface area contributed by atoms with Crippen LogP contribution in [-0.4, -0.2) is 22.3 Å². The monoisotopic (exact) mass is 408 g/mol. The number of hydrogen-bond donors (Lipinski definition) is 0. The van der Waals surface area contributed by atoms with Crippen molar-refractivity contribution in [3.63, 3.8) is 0 Å². The third-order valence-corrected chi connectivity index (χ3v) is 5.56. The van der Waals surface area contributed by atoms with Crippen LogP contribution in [0.3, 0.4) is 0 Å². The zero-order valence-corrected chi connectivity index (χ0v) is 16.8. The van der Waals surface area contributed by atoms with Gasteiger partial charge in [0.05, 0.1) is 18.2 Å². The van der Waals surface area contributed by atoms with Crippen LogP contribution in [-0.2, 0) is 17.6 Å². The predicted octanol–water partition coefficient (Wildman–Crippen LogP) is 5.37. The quantitative estimate of drug-likeness (QED) is 0.568. The van der Waals surface area contributed by atoms with Crippen molar-refractivity contribution >= 4 is 17.5 Å². The highest BCUT2D eigenvalue weighted by atomic mass is 35.5. The van der Waals surface area contributed by atoms with Crippen LogP contribution in [0, 0.1) is 5.82 Å². The maximum absolute atomic E-state index is 13.1. The lowest BCUT2D eigenvalue weighted by Gasteiger charge is -2.25. The summed E-state index contributed by atoms with van der Waals surface area (Å²) in [5.41, 5.74) is 3.88. The van der Waals surface area contributed by atoms with E-state index < -0.39 is 0 Å². The van der Waals surface area contributed by atoms with Crippen LogP contribution in [0.2, 0.25) is 5.02 Å². The van der Waals surface area contributed by atoms with E-state index in [0.717, 1.165) is 53.3 Å². The van der Waals surface area contributed by atoms with Crippen molar-refractivity contribution in [3.05, 3.63) is 100 Å². The first kappa shape index (κ1) is 19.6. The third kappa shape index (κ3) is 4.83. The van der Waals surface area contributed by atoms with E-state index in [0.29, 0.717) is 0 Å². The SMILES string of the molecule is O=C(Cc1ccc(F)cc1)N1CCC[C@@H]1c1cccc(Cc2ccc(Cl)cc2)n1. The number of carbonyl (C=O) groups excluding carboxylic acids is 1. The van der Waals surface area contributed by atoms with Crippen LogP contribution in [0.15, 0.2) is 66.7 Å². The molecule has 3 aromatic rings. The number of amides is 1. The fourth-order valence-electron chi connectivity index (χ4n) is 3.84. The van der Waals surface area contributed by atoms with Crippen LogP contribution >= 0.6 is 11.6 Å². The second kappa shape index (κ2) is 8.75. The average Bonchev–Trinajstić information content (AvgIpc) is 3.22. The van der Waals surface area contributed by atoms with Gasteiger partial charge in [0.2, 0.25) is 5.91 Å². The van der Waals surface area contributed by atoms with Crippen molar-refractivity contribution in [1.29, 1.82) is 0 Å². The summed E-state index contributed by atoms with van der Waals surface area (Å²) >= 11 is 5.97. The summed E-state index contributed by atoms with van der Waals surface area (Å²) in [6, 6.07) is 19.9. The van der Waals surface area contributed by atoms with Crippen LogP contribution in [0.1, 0.15) is 41.4 Å². The predicted molar refractivity (Wildman–Crippen MR) is 112 cm³/mol. The molecule has 4 rings (SSSR count). The van der Waals surface area contributed by atoms with Gasteiger partial charge in [-0.2, -0.15) is 0 Å². The molecule has 1 saturated heterocycles. The Bertz CT molecular complexity index is 989. The molecule has 1 aliphatic heterocycles. The number of nitrogens with zero attached hydrogens (tertiary/aromatic N) is 2. The van der Waals surface area contributed by atoms with Crippen molar-refractivity contribution in [2.45, 2.75) is 31.7 Å².